The fourth-order valence-corrected chi connectivity index (χ4v) is 3.26. The zero-order valence-corrected chi connectivity index (χ0v) is 17.3. The van der Waals surface area contributed by atoms with Gasteiger partial charge in [0.25, 0.3) is 5.91 Å². The van der Waals surface area contributed by atoms with Gasteiger partial charge in [-0.2, -0.15) is 0 Å². The molecule has 3 aromatic rings. The summed E-state index contributed by atoms with van der Waals surface area (Å²) in [7, 11) is 1.78. The van der Waals surface area contributed by atoms with Crippen LogP contribution in [0.5, 0.6) is 0 Å². The molecule has 2 N–H and O–H groups in total. The van der Waals surface area contributed by atoms with E-state index in [-0.39, 0.29) is 18.0 Å². The third-order valence-corrected chi connectivity index (χ3v) is 4.65. The number of para-hydroxylation sites is 1. The van der Waals surface area contributed by atoms with Gasteiger partial charge in [0.2, 0.25) is 0 Å². The summed E-state index contributed by atoms with van der Waals surface area (Å²) in [4.78, 5) is 26.4. The molecule has 0 unspecified atom stereocenters. The number of amides is 3. The monoisotopic (exact) mass is 393 g/mol. The molecule has 3 rings (SSSR count). The first-order valence-corrected chi connectivity index (χ1v) is 9.81. The van der Waals surface area contributed by atoms with Crippen LogP contribution in [0.2, 0.25) is 0 Å². The van der Waals surface area contributed by atoms with Gasteiger partial charge in [-0.3, -0.25) is 4.79 Å². The highest BCUT2D eigenvalue weighted by molar-refractivity contribution is 5.95. The van der Waals surface area contributed by atoms with Crippen LogP contribution in [0.4, 0.5) is 10.5 Å². The summed E-state index contributed by atoms with van der Waals surface area (Å²) < 4.78 is 5.93. The number of anilines is 1. The molecule has 0 radical (unpaired) electrons. The molecule has 0 fully saturated rings. The topological polar surface area (TPSA) is 74.6 Å². The minimum absolute atomic E-state index is 0.0523. The SMILES string of the molecule is CCc1oc2ccccc2c1CN(C)C(=O)c1ccc(NC(=O)NC(C)C)cc1. The Hall–Kier alpha value is -3.28. The first kappa shape index (κ1) is 20.5. The molecule has 1 aromatic heterocycles. The predicted molar refractivity (Wildman–Crippen MR) is 115 cm³/mol. The summed E-state index contributed by atoms with van der Waals surface area (Å²) in [5.41, 5.74) is 3.09. The second-order valence-electron chi connectivity index (χ2n) is 7.35. The van der Waals surface area contributed by atoms with Crippen LogP contribution in [0.1, 0.15) is 42.5 Å². The lowest BCUT2D eigenvalue weighted by Gasteiger charge is -2.18. The number of furan rings is 1. The number of urea groups is 1. The number of nitrogens with one attached hydrogen (secondary N) is 2. The normalized spacial score (nSPS) is 10.9. The number of carbonyl (C=O) groups excluding carboxylic acids is 2. The van der Waals surface area contributed by atoms with E-state index in [1.807, 2.05) is 45.0 Å². The van der Waals surface area contributed by atoms with E-state index in [1.54, 1.807) is 36.2 Å². The van der Waals surface area contributed by atoms with Crippen molar-refractivity contribution in [2.45, 2.75) is 39.8 Å². The predicted octanol–water partition coefficient (Wildman–Crippen LogP) is 4.80. The van der Waals surface area contributed by atoms with Crippen LogP contribution < -0.4 is 10.6 Å². The van der Waals surface area contributed by atoms with Crippen molar-refractivity contribution < 1.29 is 14.0 Å². The lowest BCUT2D eigenvalue weighted by Crippen LogP contribution is -2.34. The molecule has 6 nitrogen and oxygen atoms in total. The van der Waals surface area contributed by atoms with Gasteiger partial charge in [0.05, 0.1) is 0 Å². The van der Waals surface area contributed by atoms with E-state index >= 15 is 0 Å². The van der Waals surface area contributed by atoms with E-state index in [1.165, 1.54) is 0 Å². The summed E-state index contributed by atoms with van der Waals surface area (Å²) in [6.07, 6.45) is 0.769. The van der Waals surface area contributed by atoms with Crippen LogP contribution in [-0.2, 0) is 13.0 Å². The summed E-state index contributed by atoms with van der Waals surface area (Å²) in [5.74, 6) is 0.817. The van der Waals surface area contributed by atoms with Crippen molar-refractivity contribution >= 4 is 28.6 Å². The number of rotatable bonds is 6. The van der Waals surface area contributed by atoms with Gasteiger partial charge >= 0.3 is 6.03 Å². The molecule has 0 saturated heterocycles. The number of benzene rings is 2. The Labute approximate surface area is 170 Å². The second-order valence-corrected chi connectivity index (χ2v) is 7.35. The largest absolute Gasteiger partial charge is 0.461 e. The highest BCUT2D eigenvalue weighted by Crippen LogP contribution is 2.27. The van der Waals surface area contributed by atoms with Gasteiger partial charge in [-0.1, -0.05) is 25.1 Å². The second kappa shape index (κ2) is 8.82. The quantitative estimate of drug-likeness (QED) is 0.632. The van der Waals surface area contributed by atoms with Crippen LogP contribution in [0.25, 0.3) is 11.0 Å². The van der Waals surface area contributed by atoms with E-state index < -0.39 is 0 Å². The maximum absolute atomic E-state index is 12.9. The highest BCUT2D eigenvalue weighted by atomic mass is 16.3. The Bertz CT molecular complexity index is 1010. The molecule has 3 amide bonds. The van der Waals surface area contributed by atoms with Crippen molar-refractivity contribution in [3.63, 3.8) is 0 Å². The lowest BCUT2D eigenvalue weighted by atomic mass is 10.1. The van der Waals surface area contributed by atoms with Crippen LogP contribution in [0, 0.1) is 0 Å². The average molecular weight is 393 g/mol. The molecule has 29 heavy (non-hydrogen) atoms. The fourth-order valence-electron chi connectivity index (χ4n) is 3.26. The number of carbonyl (C=O) groups is 2. The first-order chi connectivity index (χ1) is 13.9. The van der Waals surface area contributed by atoms with Gasteiger partial charge in [0.15, 0.2) is 0 Å². The van der Waals surface area contributed by atoms with Crippen LogP contribution in [-0.4, -0.2) is 29.9 Å². The third kappa shape index (κ3) is 4.77. The minimum Gasteiger partial charge on any atom is -0.461 e. The molecule has 0 spiro atoms. The number of aryl methyl sites for hydroxylation is 1. The lowest BCUT2D eigenvalue weighted by molar-refractivity contribution is 0.0785. The smallest absolute Gasteiger partial charge is 0.319 e. The summed E-state index contributed by atoms with van der Waals surface area (Å²) >= 11 is 0. The minimum atomic E-state index is -0.268. The number of hydrogen-bond acceptors (Lipinski definition) is 3. The van der Waals surface area contributed by atoms with Gasteiger partial charge in [0, 0.05) is 48.3 Å². The van der Waals surface area contributed by atoms with Crippen molar-refractivity contribution in [1.29, 1.82) is 0 Å². The molecule has 0 aliphatic heterocycles. The zero-order chi connectivity index (χ0) is 21.0. The fraction of sp³-hybridized carbons (Fsp3) is 0.304. The van der Waals surface area contributed by atoms with Gasteiger partial charge in [-0.15, -0.1) is 0 Å². The number of fused-ring (bicyclic) bond motifs is 1. The van der Waals surface area contributed by atoms with E-state index in [2.05, 4.69) is 10.6 Å². The average Bonchev–Trinajstić information content (AvgIpc) is 3.05. The van der Waals surface area contributed by atoms with Crippen LogP contribution in [0.15, 0.2) is 52.9 Å². The standard InChI is InChI=1S/C23H27N3O3/c1-5-20-19(18-8-6-7-9-21(18)29-20)14-26(4)22(27)16-10-12-17(13-11-16)25-23(28)24-15(2)3/h6-13,15H,5,14H2,1-4H3,(H2,24,25,28). The van der Waals surface area contributed by atoms with Crippen molar-refractivity contribution in [3.8, 4) is 0 Å². The Kier molecular flexibility index (Phi) is 6.22. The molecular formula is C23H27N3O3. The summed E-state index contributed by atoms with van der Waals surface area (Å²) in [6.45, 7) is 6.30. The Morgan fingerprint density at radius 3 is 2.41 bits per heavy atom. The number of nitrogens with zero attached hydrogens (tertiary/aromatic N) is 1. The van der Waals surface area contributed by atoms with Gasteiger partial charge in [-0.05, 0) is 44.2 Å². The van der Waals surface area contributed by atoms with Crippen molar-refractivity contribution in [3.05, 3.63) is 65.4 Å². The molecule has 0 atom stereocenters. The Morgan fingerprint density at radius 2 is 1.76 bits per heavy atom. The Morgan fingerprint density at radius 1 is 1.07 bits per heavy atom. The first-order valence-electron chi connectivity index (χ1n) is 9.81. The van der Waals surface area contributed by atoms with E-state index in [9.17, 15) is 9.59 Å². The van der Waals surface area contributed by atoms with Gasteiger partial charge in [0.1, 0.15) is 11.3 Å². The van der Waals surface area contributed by atoms with E-state index in [4.69, 9.17) is 4.42 Å². The maximum atomic E-state index is 12.9. The molecule has 152 valence electrons. The molecule has 0 saturated carbocycles. The zero-order valence-electron chi connectivity index (χ0n) is 17.3. The van der Waals surface area contributed by atoms with Crippen LogP contribution in [0.3, 0.4) is 0 Å². The highest BCUT2D eigenvalue weighted by Gasteiger charge is 2.18. The van der Waals surface area contributed by atoms with Crippen molar-refractivity contribution in [1.82, 2.24) is 10.2 Å². The van der Waals surface area contributed by atoms with Crippen LogP contribution >= 0.6 is 0 Å². The summed E-state index contributed by atoms with van der Waals surface area (Å²) in [5, 5.41) is 6.56. The van der Waals surface area contributed by atoms with Crippen molar-refractivity contribution in [2.24, 2.45) is 0 Å². The van der Waals surface area contributed by atoms with Gasteiger partial charge < -0.3 is 20.0 Å². The number of hydrogen-bond donors (Lipinski definition) is 2. The maximum Gasteiger partial charge on any atom is 0.319 e. The molecular weight excluding hydrogens is 366 g/mol. The summed E-state index contributed by atoms with van der Waals surface area (Å²) in [6, 6.07) is 14.6. The molecule has 0 aliphatic rings. The Balaban J connectivity index is 1.71. The van der Waals surface area contributed by atoms with Gasteiger partial charge in [-0.25, -0.2) is 4.79 Å². The molecule has 0 aliphatic carbocycles. The third-order valence-electron chi connectivity index (χ3n) is 4.65. The molecule has 0 bridgehead atoms. The van der Waals surface area contributed by atoms with E-state index in [0.29, 0.717) is 17.8 Å². The molecule has 6 heteroatoms. The van der Waals surface area contributed by atoms with Crippen molar-refractivity contribution in [2.75, 3.05) is 12.4 Å². The van der Waals surface area contributed by atoms with E-state index in [0.717, 1.165) is 28.7 Å². The molecule has 1 heterocycles. The molecule has 2 aromatic carbocycles.